The summed E-state index contributed by atoms with van der Waals surface area (Å²) in [4.78, 5) is 138. The molecule has 23 atom stereocenters. The highest BCUT2D eigenvalue weighted by Gasteiger charge is 2.52. The van der Waals surface area contributed by atoms with Gasteiger partial charge in [-0.25, -0.2) is 4.79 Å². The normalized spacial score (nSPS) is 29.0. The Morgan fingerprint density at radius 3 is 1.71 bits per heavy atom. The Kier molecular flexibility index (Phi) is 29.3. The van der Waals surface area contributed by atoms with Crippen LogP contribution in [0.5, 0.6) is 69.0 Å². The molecule has 0 radical (unpaired) electrons. The van der Waals surface area contributed by atoms with Gasteiger partial charge >= 0.3 is 5.97 Å². The average molecular weight is 1870 g/mol. The van der Waals surface area contributed by atoms with Crippen LogP contribution in [0.25, 0.3) is 11.1 Å². The van der Waals surface area contributed by atoms with Gasteiger partial charge in [0, 0.05) is 54.2 Å². The van der Waals surface area contributed by atoms with Gasteiger partial charge in [0.2, 0.25) is 65.6 Å². The number of rotatable bonds is 19. The van der Waals surface area contributed by atoms with E-state index < -0.39 is 327 Å². The third kappa shape index (κ3) is 20.4. The molecular weight excluding hydrogens is 1770 g/mol. The molecule has 3 saturated heterocycles. The number of carboxylic acid groups (broad SMARTS) is 1. The van der Waals surface area contributed by atoms with Crippen LogP contribution in [0.4, 0.5) is 0 Å². The van der Waals surface area contributed by atoms with Crippen molar-refractivity contribution in [2.75, 3.05) is 19.8 Å². The van der Waals surface area contributed by atoms with Gasteiger partial charge in [-0.3, -0.25) is 38.4 Å². The van der Waals surface area contributed by atoms with Gasteiger partial charge in [-0.05, 0) is 107 Å². The molecule has 0 aliphatic carbocycles. The molecule has 44 heteroatoms. The van der Waals surface area contributed by atoms with Crippen LogP contribution in [0, 0.1) is 0 Å². The predicted molar refractivity (Wildman–Crippen MR) is 449 cm³/mol. The summed E-state index contributed by atoms with van der Waals surface area (Å²) in [7, 11) is 0. The van der Waals surface area contributed by atoms with E-state index in [0.29, 0.717) is 12.8 Å². The van der Waals surface area contributed by atoms with E-state index >= 15 is 24.0 Å². The molecule has 16 rings (SSSR count). The minimum Gasteiger partial charge on any atom is -0.508 e. The van der Waals surface area contributed by atoms with Crippen LogP contribution in [0.2, 0.25) is 10.0 Å². The second-order valence-electron chi connectivity index (χ2n) is 32.3. The van der Waals surface area contributed by atoms with Crippen LogP contribution in [0.3, 0.4) is 0 Å². The summed E-state index contributed by atoms with van der Waals surface area (Å²) < 4.78 is 57.5. The molecule has 7 aromatic rings. The summed E-state index contributed by atoms with van der Waals surface area (Å²) in [6, 6.07) is 0.686. The summed E-state index contributed by atoms with van der Waals surface area (Å²) >= 11 is 14.7. The number of aliphatic hydroxyl groups excluding tert-OH is 10. The van der Waals surface area contributed by atoms with Gasteiger partial charge in [0.05, 0.1) is 29.9 Å². The molecule has 8 amide bonds. The lowest BCUT2D eigenvalue weighted by Crippen LogP contribution is -2.65. The van der Waals surface area contributed by atoms with Crippen molar-refractivity contribution in [1.82, 2.24) is 42.5 Å². The molecule has 131 heavy (non-hydrogen) atoms. The zero-order chi connectivity index (χ0) is 94.0. The number of nitrogens with two attached hydrogens (primary N) is 1. The number of phenolic OH excluding ortho intramolecular Hbond substituents is 4. The van der Waals surface area contributed by atoms with Gasteiger partial charge in [-0.15, -0.1) is 0 Å². The van der Waals surface area contributed by atoms with Crippen molar-refractivity contribution in [3.8, 4) is 80.1 Å². The highest BCUT2D eigenvalue weighted by molar-refractivity contribution is 6.32. The maximum absolute atomic E-state index is 17.0. The number of fused-ring (bicyclic) bond motifs is 13. The molecule has 9 heterocycles. The van der Waals surface area contributed by atoms with Crippen LogP contribution in [0.1, 0.15) is 134 Å². The van der Waals surface area contributed by atoms with E-state index in [1.165, 1.54) is 36.4 Å². The molecule has 0 aromatic heterocycles. The highest BCUT2D eigenvalue weighted by Crippen LogP contribution is 2.51. The van der Waals surface area contributed by atoms with Gasteiger partial charge in [0.1, 0.15) is 156 Å². The Morgan fingerprint density at radius 2 is 1.08 bits per heavy atom. The molecule has 42 nitrogen and oxygen atoms in total. The van der Waals surface area contributed by atoms with E-state index in [-0.39, 0.29) is 28.3 Å². The third-order valence-corrected chi connectivity index (χ3v) is 23.8. The molecule has 9 aliphatic heterocycles. The fourth-order valence-corrected chi connectivity index (χ4v) is 16.9. The number of amides is 8. The highest BCUT2D eigenvalue weighted by atomic mass is 35.5. The van der Waals surface area contributed by atoms with E-state index in [0.717, 1.165) is 111 Å². The fraction of sp³-hybridized carbons (Fsp3) is 0.414. The lowest BCUT2D eigenvalue weighted by Gasteiger charge is -2.44. The van der Waals surface area contributed by atoms with Crippen LogP contribution in [0.15, 0.2) is 115 Å². The summed E-state index contributed by atoms with van der Waals surface area (Å²) in [6.07, 6.45) is -24.9. The first-order valence-corrected chi connectivity index (χ1v) is 42.4. The number of phenols is 4. The van der Waals surface area contributed by atoms with Crippen LogP contribution in [-0.4, -0.2) is 254 Å². The Hall–Kier alpha value is -12.1. The fourth-order valence-electron chi connectivity index (χ4n) is 16.4. The molecule has 700 valence electrons. The summed E-state index contributed by atoms with van der Waals surface area (Å²) in [6.45, 7) is -0.142. The first-order valence-electron chi connectivity index (χ1n) is 41.6. The van der Waals surface area contributed by atoms with Gasteiger partial charge < -0.3 is 167 Å². The van der Waals surface area contributed by atoms with Crippen molar-refractivity contribution in [2.45, 2.75) is 206 Å². The van der Waals surface area contributed by atoms with Crippen molar-refractivity contribution >= 4 is 76.4 Å². The molecule has 25 N–H and O–H groups in total. The summed E-state index contributed by atoms with van der Waals surface area (Å²) in [5, 5.41) is 190. The van der Waals surface area contributed by atoms with Crippen molar-refractivity contribution in [1.29, 1.82) is 0 Å². The number of halogens is 2. The van der Waals surface area contributed by atoms with Gasteiger partial charge in [-0.1, -0.05) is 92.6 Å². The number of carbonyl (C=O) groups excluding carboxylic acids is 8. The Labute approximate surface area is 753 Å². The zero-order valence-corrected chi connectivity index (χ0v) is 70.9. The maximum atomic E-state index is 17.0. The SMILES string of the molecule is CCCCCCCCC(=O)N[C@@H]1[C@H](Oc2c3cc4cc2Oc2ccc(cc2Cl)[C@@H](O[C@H]2O[C@H](CO)[C@H](O)[C@@H](O)[C@@H]2NC(C)=O)C2NC(=O)[C@@H](NC(=O)[C@H]4NC(=O)[C@H]4NC(=O)C(Cc5ccc(c(Cl)c5)O3)NC(=O)[C@H](N)c3cccc(O)c3Oc3cc(O)cc4c3)c3ccc(O)c(c3)-c3c(O[C@H]4O[C@@H](CO)[C@@H](O)[C@@H](O)[C@H]4O)cc(O)cc3[C@H](C(=O)O)NC2=O)O[C@@H](CO)[C@H](O)[C@@H]1O. The lowest BCUT2D eigenvalue weighted by molar-refractivity contribution is -0.284. The number of benzene rings is 7. The number of aromatic hydroxyl groups is 4. The van der Waals surface area contributed by atoms with E-state index in [1.807, 2.05) is 6.92 Å². The Morgan fingerprint density at radius 1 is 0.504 bits per heavy atom. The largest absolute Gasteiger partial charge is 0.508 e. The first kappa shape index (κ1) is 95.0. The van der Waals surface area contributed by atoms with Crippen molar-refractivity contribution in [2.24, 2.45) is 5.73 Å². The molecule has 2 unspecified atom stereocenters. The van der Waals surface area contributed by atoms with Crippen LogP contribution >= 0.6 is 23.2 Å². The molecule has 7 aromatic carbocycles. The second-order valence-corrected chi connectivity index (χ2v) is 33.1. The summed E-state index contributed by atoms with van der Waals surface area (Å²) in [5.74, 6) is -19.8. The van der Waals surface area contributed by atoms with E-state index in [1.54, 1.807) is 0 Å². The lowest BCUT2D eigenvalue weighted by atomic mass is 9.89. The molecule has 3 fully saturated rings. The number of para-hydroxylation sites is 1. The third-order valence-electron chi connectivity index (χ3n) is 23.2. The molecule has 0 saturated carbocycles. The van der Waals surface area contributed by atoms with E-state index in [9.17, 15) is 95.8 Å². The first-order chi connectivity index (χ1) is 62.5. The number of aliphatic hydroxyl groups is 10. The standard InChI is InChI=1S/C87H95Cl2N9O33/c1-3-4-5-6-7-8-12-58(107)93-66-72(112)69(109)56(31-100)128-86(66)131-77-53-25-38-26-54(77)125-51-18-15-36(24-46(51)89)75(130-85-65(91-33(2)102)71(111)68(108)55(30-99)127-85)67-83(120)97-64(84(121)122)44-28-40(104)29-52(126-87-74(114)73(113)70(110)57(32-101)129-87)59(44)43-23-35(14-16-48(43)105)61(80(117)98-67)95-82(119)63(38)96-81(118)62-37-21-39(103)27-41(22-37)123-76-42(10-9-11-49(76)106)60(90)79(116)92-47(78(115)94-62)20-34-13-17-50(124-53)45(88)19-34/h9-11,13-19,21-29,47,55-57,60-75,85-87,99-101,103-106,108-114H,3-8,12,20,30-32,90H2,1-2H3,(H,91,102)(H,92,116)(H,93,107)(H,94,115)(H,95,119)(H,96,118)(H,97,120)(H,98,117)(H,121,122)/t47?,55-,56+,57+,60-,61+,62+,63+,64-,65+,66+,67?,68+,69+,70-,71+,72-,73-,74-,75-,85-,86+,87+/m1/s1. The van der Waals surface area contributed by atoms with E-state index in [4.69, 9.17) is 71.6 Å². The molecule has 0 spiro atoms. The summed E-state index contributed by atoms with van der Waals surface area (Å²) in [5.41, 5.74) is 2.64. The Balaban J connectivity index is 1.04. The maximum Gasteiger partial charge on any atom is 0.330 e. The number of ether oxygens (including phenoxy) is 9. The Bertz CT molecular complexity index is 5520. The topological polar surface area (TPSA) is 662 Å². The zero-order valence-electron chi connectivity index (χ0n) is 69.4. The number of nitrogens with one attached hydrogen (secondary N) is 8. The molecular formula is C87H95Cl2N9O33. The van der Waals surface area contributed by atoms with Gasteiger partial charge in [0.15, 0.2) is 35.3 Å². The van der Waals surface area contributed by atoms with Crippen LogP contribution < -0.4 is 72.0 Å². The van der Waals surface area contributed by atoms with E-state index in [2.05, 4.69) is 42.5 Å². The minimum absolute atomic E-state index is 0.139. The number of hydrogen-bond acceptors (Lipinski definition) is 33. The van der Waals surface area contributed by atoms with Crippen molar-refractivity contribution in [3.05, 3.63) is 164 Å². The molecule has 15 bridgehead atoms. The number of carbonyl (C=O) groups is 9. The molecule has 9 aliphatic rings. The smallest absolute Gasteiger partial charge is 0.330 e. The van der Waals surface area contributed by atoms with Gasteiger partial charge in [0.25, 0.3) is 0 Å². The number of aliphatic carboxylic acids is 1. The second kappa shape index (κ2) is 40.4. The number of carboxylic acids is 1. The average Bonchev–Trinajstić information content (AvgIpc) is 0.846. The number of unbranched alkanes of at least 4 members (excludes halogenated alkanes) is 5. The quantitative estimate of drug-likeness (QED) is 0.0497. The predicted octanol–water partition coefficient (Wildman–Crippen LogP) is 0.774. The van der Waals surface area contributed by atoms with Crippen molar-refractivity contribution < 1.29 is 162 Å². The monoisotopic (exact) mass is 1860 g/mol. The van der Waals surface area contributed by atoms with Gasteiger partial charge in [-0.2, -0.15) is 0 Å². The number of hydrogen-bond donors (Lipinski definition) is 24. The minimum atomic E-state index is -2.59. The van der Waals surface area contributed by atoms with Crippen LogP contribution in [-0.2, 0) is 68.5 Å². The van der Waals surface area contributed by atoms with Crippen molar-refractivity contribution in [3.63, 3.8) is 0 Å².